The average Bonchev–Trinajstić information content (AvgIpc) is 3.43. The van der Waals surface area contributed by atoms with Crippen molar-refractivity contribution in [3.63, 3.8) is 0 Å². The second kappa shape index (κ2) is 14.9. The van der Waals surface area contributed by atoms with Crippen LogP contribution in [0.3, 0.4) is 0 Å². The van der Waals surface area contributed by atoms with Crippen molar-refractivity contribution in [2.45, 2.75) is 58.8 Å². The molecule has 236 valence electrons. The molecule has 1 aliphatic heterocycles. The van der Waals surface area contributed by atoms with E-state index in [-0.39, 0.29) is 5.91 Å². The molecule has 2 N–H and O–H groups in total. The summed E-state index contributed by atoms with van der Waals surface area (Å²) in [5.74, 6) is 2.92. The molecule has 5 rings (SSSR count). The van der Waals surface area contributed by atoms with Gasteiger partial charge in [0.05, 0.1) is 28.9 Å². The molecule has 1 aromatic heterocycles. The van der Waals surface area contributed by atoms with Crippen molar-refractivity contribution in [2.24, 2.45) is 0 Å². The maximum atomic E-state index is 14.2. The smallest absolute Gasteiger partial charge is 0.255 e. The highest BCUT2D eigenvalue weighted by Crippen LogP contribution is 2.44. The van der Waals surface area contributed by atoms with E-state index < -0.39 is 6.04 Å². The number of aryl methyl sites for hydroxylation is 1. The van der Waals surface area contributed by atoms with Crippen LogP contribution in [0.15, 0.2) is 81.6 Å². The third-order valence-electron chi connectivity index (χ3n) is 7.23. The Morgan fingerprint density at radius 1 is 1.00 bits per heavy atom. The van der Waals surface area contributed by atoms with Gasteiger partial charge < -0.3 is 24.8 Å². The first-order chi connectivity index (χ1) is 21.8. The molecule has 2 heterocycles. The van der Waals surface area contributed by atoms with Gasteiger partial charge in [0.2, 0.25) is 11.1 Å². The van der Waals surface area contributed by atoms with Crippen LogP contribution >= 0.6 is 27.7 Å². The first-order valence-electron chi connectivity index (χ1n) is 15.1. The van der Waals surface area contributed by atoms with Crippen LogP contribution in [0.4, 0.5) is 11.6 Å². The van der Waals surface area contributed by atoms with Gasteiger partial charge in [0.1, 0.15) is 18.4 Å². The molecular formula is C34H38BrN5O4S. The predicted molar refractivity (Wildman–Crippen MR) is 183 cm³/mol. The van der Waals surface area contributed by atoms with Crippen LogP contribution < -0.4 is 24.8 Å². The molecule has 0 saturated carbocycles. The number of benzene rings is 3. The highest BCUT2D eigenvalue weighted by Gasteiger charge is 2.36. The number of nitrogens with zero attached hydrogens (tertiary/aromatic N) is 3. The van der Waals surface area contributed by atoms with Crippen LogP contribution in [-0.2, 0) is 11.4 Å². The zero-order chi connectivity index (χ0) is 31.9. The topological polar surface area (TPSA) is 99.5 Å². The van der Waals surface area contributed by atoms with Crippen LogP contribution in [0.2, 0.25) is 0 Å². The largest absolute Gasteiger partial charge is 0.492 e. The van der Waals surface area contributed by atoms with E-state index in [0.717, 1.165) is 28.9 Å². The van der Waals surface area contributed by atoms with Gasteiger partial charge in [-0.15, -0.1) is 5.10 Å². The molecule has 1 atom stereocenters. The normalized spacial score (nSPS) is 14.0. The van der Waals surface area contributed by atoms with Crippen LogP contribution in [0.25, 0.3) is 0 Å². The van der Waals surface area contributed by atoms with Gasteiger partial charge in [0, 0.05) is 11.4 Å². The molecule has 11 heteroatoms. The summed E-state index contributed by atoms with van der Waals surface area (Å²) in [6.45, 7) is 11.2. The molecule has 1 unspecified atom stereocenters. The third-order valence-corrected chi connectivity index (χ3v) is 8.86. The van der Waals surface area contributed by atoms with Crippen LogP contribution in [0, 0.1) is 6.92 Å². The van der Waals surface area contributed by atoms with E-state index in [1.807, 2.05) is 69.3 Å². The number of carbonyl (C=O) groups is 1. The fraction of sp³-hybridized carbons (Fsp3) is 0.324. The van der Waals surface area contributed by atoms with Gasteiger partial charge in [-0.05, 0) is 91.0 Å². The molecule has 0 aliphatic carbocycles. The lowest BCUT2D eigenvalue weighted by molar-refractivity contribution is -0.113. The minimum Gasteiger partial charge on any atom is -0.492 e. The number of fused-ring (bicyclic) bond motifs is 1. The second-order valence-electron chi connectivity index (χ2n) is 10.4. The number of para-hydroxylation sites is 2. The van der Waals surface area contributed by atoms with Crippen LogP contribution in [-0.4, -0.2) is 39.6 Å². The molecule has 0 spiro atoms. The lowest BCUT2D eigenvalue weighted by atomic mass is 9.94. The average molecular weight is 693 g/mol. The number of anilines is 2. The third kappa shape index (κ3) is 7.31. The lowest BCUT2D eigenvalue weighted by Crippen LogP contribution is -2.31. The number of allylic oxidation sites excluding steroid dienone is 1. The van der Waals surface area contributed by atoms with E-state index in [1.165, 1.54) is 0 Å². The molecule has 3 aromatic carbocycles. The number of thioether (sulfide) groups is 1. The summed E-state index contributed by atoms with van der Waals surface area (Å²) in [6, 6.07) is 18.8. The number of aromatic nitrogens is 3. The minimum atomic E-state index is -0.607. The molecule has 0 fully saturated rings. The van der Waals surface area contributed by atoms with E-state index in [0.29, 0.717) is 69.6 Å². The van der Waals surface area contributed by atoms with Crippen molar-refractivity contribution in [2.75, 3.05) is 29.6 Å². The summed E-state index contributed by atoms with van der Waals surface area (Å²) >= 11 is 5.34. The SMILES string of the molecule is CCCSc1nc2n(n1)C(c1cc(Br)c(OCc3ccccc3C)c(OCC)c1)C(C(=O)Nc1ccccc1OCC)=C(C)N2. The summed E-state index contributed by atoms with van der Waals surface area (Å²) in [5.41, 5.74) is 4.78. The number of halogens is 1. The van der Waals surface area contributed by atoms with E-state index in [2.05, 4.69) is 52.5 Å². The standard InChI is InChI=1S/C34H38BrN5O4S/c1-6-17-45-34-38-33-36-22(5)29(32(41)37-26-15-11-12-16-27(26)42-7-2)30(40(33)39-34)24-18-25(35)31(28(19-24)43-8-3)44-20-23-14-10-9-13-21(23)4/h9-16,18-19,30H,6-8,17,20H2,1-5H3,(H,37,41)(H,36,38,39). The fourth-order valence-electron chi connectivity index (χ4n) is 5.10. The highest BCUT2D eigenvalue weighted by atomic mass is 79.9. The van der Waals surface area contributed by atoms with Crippen molar-refractivity contribution < 1.29 is 19.0 Å². The van der Waals surface area contributed by atoms with Crippen molar-refractivity contribution in [1.82, 2.24) is 14.8 Å². The Morgan fingerprint density at radius 2 is 1.73 bits per heavy atom. The van der Waals surface area contributed by atoms with Crippen molar-refractivity contribution >= 4 is 45.2 Å². The van der Waals surface area contributed by atoms with Gasteiger partial charge in [-0.25, -0.2) is 4.68 Å². The zero-order valence-electron chi connectivity index (χ0n) is 26.1. The maximum Gasteiger partial charge on any atom is 0.255 e. The Labute approximate surface area is 276 Å². The molecule has 0 bridgehead atoms. The maximum absolute atomic E-state index is 14.2. The van der Waals surface area contributed by atoms with Gasteiger partial charge in [0.25, 0.3) is 5.91 Å². The number of hydrogen-bond donors (Lipinski definition) is 2. The summed E-state index contributed by atoms with van der Waals surface area (Å²) in [4.78, 5) is 18.9. The molecule has 9 nitrogen and oxygen atoms in total. The zero-order valence-corrected chi connectivity index (χ0v) is 28.5. The lowest BCUT2D eigenvalue weighted by Gasteiger charge is -2.29. The van der Waals surface area contributed by atoms with E-state index >= 15 is 0 Å². The van der Waals surface area contributed by atoms with E-state index in [9.17, 15) is 4.79 Å². The number of amides is 1. The van der Waals surface area contributed by atoms with Crippen molar-refractivity contribution in [3.8, 4) is 17.2 Å². The molecule has 4 aromatic rings. The van der Waals surface area contributed by atoms with Crippen molar-refractivity contribution in [1.29, 1.82) is 0 Å². The first-order valence-corrected chi connectivity index (χ1v) is 16.9. The van der Waals surface area contributed by atoms with E-state index in [4.69, 9.17) is 24.3 Å². The van der Waals surface area contributed by atoms with Crippen LogP contribution in [0.1, 0.15) is 56.8 Å². The van der Waals surface area contributed by atoms with Crippen LogP contribution in [0.5, 0.6) is 17.2 Å². The van der Waals surface area contributed by atoms with Gasteiger partial charge in [-0.1, -0.05) is 55.1 Å². The summed E-state index contributed by atoms with van der Waals surface area (Å²) in [5, 5.41) is 11.9. The Hall–Kier alpha value is -3.96. The number of ether oxygens (including phenoxy) is 3. The Bertz CT molecular complexity index is 1710. The number of hydrogen-bond acceptors (Lipinski definition) is 8. The number of carbonyl (C=O) groups excluding carboxylic acids is 1. The highest BCUT2D eigenvalue weighted by molar-refractivity contribution is 9.10. The molecule has 0 radical (unpaired) electrons. The molecule has 1 amide bonds. The van der Waals surface area contributed by atoms with Gasteiger partial charge in [-0.3, -0.25) is 4.79 Å². The quantitative estimate of drug-likeness (QED) is 0.136. The van der Waals surface area contributed by atoms with E-state index in [1.54, 1.807) is 16.4 Å². The van der Waals surface area contributed by atoms with Gasteiger partial charge in [-0.2, -0.15) is 4.98 Å². The van der Waals surface area contributed by atoms with Gasteiger partial charge >= 0.3 is 0 Å². The Balaban J connectivity index is 1.57. The molecule has 45 heavy (non-hydrogen) atoms. The number of nitrogens with one attached hydrogen (secondary N) is 2. The molecular weight excluding hydrogens is 654 g/mol. The summed E-state index contributed by atoms with van der Waals surface area (Å²) in [6.07, 6.45) is 0.990. The monoisotopic (exact) mass is 691 g/mol. The number of rotatable bonds is 13. The summed E-state index contributed by atoms with van der Waals surface area (Å²) < 4.78 is 20.7. The van der Waals surface area contributed by atoms with Crippen molar-refractivity contribution in [3.05, 3.63) is 93.1 Å². The molecule has 1 aliphatic rings. The van der Waals surface area contributed by atoms with Gasteiger partial charge in [0.15, 0.2) is 11.5 Å². The fourth-order valence-corrected chi connectivity index (χ4v) is 6.36. The second-order valence-corrected chi connectivity index (χ2v) is 12.4. The predicted octanol–water partition coefficient (Wildman–Crippen LogP) is 8.16. The Kier molecular flexibility index (Phi) is 10.7. The Morgan fingerprint density at radius 3 is 2.49 bits per heavy atom. The first kappa shape index (κ1) is 32.4. The molecule has 0 saturated heterocycles. The summed E-state index contributed by atoms with van der Waals surface area (Å²) in [7, 11) is 0. The minimum absolute atomic E-state index is 0.282.